The van der Waals surface area contributed by atoms with Gasteiger partial charge in [-0.1, -0.05) is 32.5 Å². The fourth-order valence-electron chi connectivity index (χ4n) is 4.36. The summed E-state index contributed by atoms with van der Waals surface area (Å²) in [4.78, 5) is 32.9. The van der Waals surface area contributed by atoms with Gasteiger partial charge in [-0.25, -0.2) is 16.0 Å². The van der Waals surface area contributed by atoms with Crippen LogP contribution in [0.15, 0.2) is 41.3 Å². The Kier molecular flexibility index (Phi) is 12.7. The summed E-state index contributed by atoms with van der Waals surface area (Å²) in [5.41, 5.74) is 0.652. The zero-order valence-electron chi connectivity index (χ0n) is 23.0. The molecule has 1 amide bonds. The van der Waals surface area contributed by atoms with Crippen LogP contribution < -0.4 is 11.0 Å². The average molecular weight is 560 g/mol. The minimum atomic E-state index is -1.37. The van der Waals surface area contributed by atoms with Crippen molar-refractivity contribution in [2.45, 2.75) is 79.8 Å². The summed E-state index contributed by atoms with van der Waals surface area (Å²) in [6, 6.07) is 9.19. The molecule has 1 aromatic heterocycles. The number of carbonyl (C=O) groups is 1. The van der Waals surface area contributed by atoms with E-state index in [1.807, 2.05) is 6.07 Å². The Morgan fingerprint density at radius 2 is 1.92 bits per heavy atom. The van der Waals surface area contributed by atoms with Crippen LogP contribution in [0.25, 0.3) is 4.85 Å². The molecule has 0 aliphatic carbocycles. The van der Waals surface area contributed by atoms with Gasteiger partial charge in [-0.3, -0.25) is 9.36 Å². The summed E-state index contributed by atoms with van der Waals surface area (Å²) in [5.74, 6) is 0.0419. The Morgan fingerprint density at radius 1 is 1.26 bits per heavy atom. The third-order valence-electron chi connectivity index (χ3n) is 6.25. The third kappa shape index (κ3) is 8.66. The highest BCUT2D eigenvalue weighted by atomic mass is 31.2. The number of nitrogens with one attached hydrogen (secondary N) is 1. The summed E-state index contributed by atoms with van der Waals surface area (Å²) in [6.45, 7) is 20.2. The normalized spacial score (nSPS) is 19.6. The van der Waals surface area contributed by atoms with Crippen LogP contribution in [-0.4, -0.2) is 58.1 Å². The van der Waals surface area contributed by atoms with Crippen LogP contribution in [-0.2, 0) is 13.8 Å². The quantitative estimate of drug-likeness (QED) is 0.203. The van der Waals surface area contributed by atoms with E-state index in [1.165, 1.54) is 4.57 Å². The second-order valence-electron chi connectivity index (χ2n) is 9.94. The third-order valence-corrected chi connectivity index (χ3v) is 8.33. The molecule has 2 aromatic rings. The fraction of sp³-hybridized carbons (Fsp3) is 0.571. The maximum atomic E-state index is 12.9. The molecule has 39 heavy (non-hydrogen) atoms. The average Bonchev–Trinajstić information content (AvgIpc) is 3.24. The van der Waals surface area contributed by atoms with Gasteiger partial charge in [0.2, 0.25) is 6.54 Å². The van der Waals surface area contributed by atoms with Crippen LogP contribution in [0.3, 0.4) is 0 Å². The lowest BCUT2D eigenvalue weighted by Crippen LogP contribution is -2.34. The number of amides is 1. The van der Waals surface area contributed by atoms with Gasteiger partial charge in [0, 0.05) is 29.4 Å². The van der Waals surface area contributed by atoms with Crippen LogP contribution >= 0.6 is 8.53 Å². The molecule has 1 saturated heterocycles. The van der Waals surface area contributed by atoms with Crippen molar-refractivity contribution in [3.63, 3.8) is 0 Å². The second kappa shape index (κ2) is 15.2. The van der Waals surface area contributed by atoms with Crippen molar-refractivity contribution >= 4 is 20.3 Å². The van der Waals surface area contributed by atoms with E-state index in [0.29, 0.717) is 30.8 Å². The van der Waals surface area contributed by atoms with Crippen molar-refractivity contribution in [1.82, 2.24) is 14.2 Å². The van der Waals surface area contributed by atoms with E-state index in [9.17, 15) is 9.59 Å². The number of nitrogens with zero attached hydrogens (tertiary/aromatic N) is 4. The number of benzene rings is 1. The van der Waals surface area contributed by atoms with Crippen molar-refractivity contribution in [3.8, 4) is 0 Å². The summed E-state index contributed by atoms with van der Waals surface area (Å²) in [5, 5.41) is 2.73. The van der Waals surface area contributed by atoms with Crippen molar-refractivity contribution in [1.29, 1.82) is 0 Å². The number of hydrogen-bond donors (Lipinski definition) is 1. The van der Waals surface area contributed by atoms with E-state index >= 15 is 0 Å². The second-order valence-corrected chi connectivity index (χ2v) is 11.4. The van der Waals surface area contributed by atoms with Crippen molar-refractivity contribution in [2.75, 3.05) is 25.1 Å². The van der Waals surface area contributed by atoms with Crippen molar-refractivity contribution in [2.24, 2.45) is 5.92 Å². The molecule has 1 N–H and O–H groups in total. The molecule has 0 bridgehead atoms. The van der Waals surface area contributed by atoms with Gasteiger partial charge in [-0.15, -0.1) is 0 Å². The molecule has 214 valence electrons. The minimum Gasteiger partial charge on any atom is -0.352 e. The lowest BCUT2D eigenvalue weighted by atomic mass is 10.0. The van der Waals surface area contributed by atoms with E-state index in [0.717, 1.165) is 0 Å². The largest absolute Gasteiger partial charge is 0.352 e. The van der Waals surface area contributed by atoms with Gasteiger partial charge in [0.25, 0.3) is 14.4 Å². The SMILES string of the molecule is C.[C-]#[N+]CCOP(OC[C@H]1O[C@@H](n2cc(C)c(NC(=O)c3ccccc3)nc2=O)C[C@@H]1C)N(C(C)C)C(C)C. The first-order valence-electron chi connectivity index (χ1n) is 12.9. The summed E-state index contributed by atoms with van der Waals surface area (Å²) in [6.07, 6.45) is 1.58. The predicted octanol–water partition coefficient (Wildman–Crippen LogP) is 5.66. The highest BCUT2D eigenvalue weighted by molar-refractivity contribution is 7.44. The van der Waals surface area contributed by atoms with Crippen LogP contribution in [0, 0.1) is 19.4 Å². The van der Waals surface area contributed by atoms with Gasteiger partial charge in [-0.2, -0.15) is 4.98 Å². The molecule has 1 fully saturated rings. The summed E-state index contributed by atoms with van der Waals surface area (Å²) < 4.78 is 22.2. The number of aryl methyl sites for hydroxylation is 1. The van der Waals surface area contributed by atoms with Gasteiger partial charge in [0.15, 0.2) is 0 Å². The maximum Gasteiger partial charge on any atom is 0.351 e. The number of carbonyl (C=O) groups excluding carboxylic acids is 1. The first-order chi connectivity index (χ1) is 18.1. The molecule has 0 saturated carbocycles. The summed E-state index contributed by atoms with van der Waals surface area (Å²) in [7, 11) is -1.37. The van der Waals surface area contributed by atoms with E-state index < -0.39 is 20.4 Å². The zero-order chi connectivity index (χ0) is 27.8. The van der Waals surface area contributed by atoms with Crippen LogP contribution in [0.5, 0.6) is 0 Å². The fourth-order valence-corrected chi connectivity index (χ4v) is 5.97. The Labute approximate surface area is 233 Å². The van der Waals surface area contributed by atoms with Gasteiger partial charge < -0.3 is 23.9 Å². The van der Waals surface area contributed by atoms with Gasteiger partial charge in [0.05, 0.1) is 12.7 Å². The van der Waals surface area contributed by atoms with Crippen molar-refractivity contribution in [3.05, 3.63) is 69.6 Å². The molecule has 11 heteroatoms. The Hall–Kier alpha value is -2.67. The molecule has 2 heterocycles. The van der Waals surface area contributed by atoms with E-state index in [1.54, 1.807) is 37.4 Å². The molecule has 4 atom stereocenters. The Bertz CT molecular complexity index is 1160. The Morgan fingerprint density at radius 3 is 2.54 bits per heavy atom. The zero-order valence-corrected chi connectivity index (χ0v) is 23.9. The molecule has 3 rings (SSSR count). The number of anilines is 1. The number of ether oxygens (including phenoxy) is 1. The van der Waals surface area contributed by atoms with E-state index in [-0.39, 0.29) is 49.8 Å². The monoisotopic (exact) mass is 559 g/mol. The predicted molar refractivity (Wildman–Crippen MR) is 154 cm³/mol. The van der Waals surface area contributed by atoms with Crippen LogP contribution in [0.2, 0.25) is 0 Å². The minimum absolute atomic E-state index is 0. The van der Waals surface area contributed by atoms with E-state index in [2.05, 4.69) is 54.4 Å². The number of hydrogen-bond acceptors (Lipinski definition) is 7. The highest BCUT2D eigenvalue weighted by Gasteiger charge is 2.36. The van der Waals surface area contributed by atoms with Crippen LogP contribution in [0.4, 0.5) is 5.82 Å². The lowest BCUT2D eigenvalue weighted by Gasteiger charge is -2.36. The van der Waals surface area contributed by atoms with Gasteiger partial charge >= 0.3 is 5.69 Å². The maximum absolute atomic E-state index is 12.9. The standard InChI is InChI=1S/C27H38N5O5P.CH4/c1-18(2)32(19(3)4)38(35-14-13-28-7)36-17-23-20(5)15-24(37-23)31-16-21(6)25(30-27(31)34)29-26(33)22-11-9-8-10-12-22;/h8-12,16,18-20,23-24H,13-15,17H2,1-6H3,(H,29,30,33,34);1H4/t20-,23+,24+,38?;/m0./s1. The van der Waals surface area contributed by atoms with Gasteiger partial charge in [0.1, 0.15) is 18.7 Å². The van der Waals surface area contributed by atoms with Crippen LogP contribution in [0.1, 0.15) is 70.6 Å². The lowest BCUT2D eigenvalue weighted by molar-refractivity contribution is -0.0289. The molecule has 10 nitrogen and oxygen atoms in total. The smallest absolute Gasteiger partial charge is 0.351 e. The van der Waals surface area contributed by atoms with E-state index in [4.69, 9.17) is 20.4 Å². The molecular weight excluding hydrogens is 517 g/mol. The number of rotatable bonds is 12. The molecule has 1 aliphatic rings. The van der Waals surface area contributed by atoms with Crippen molar-refractivity contribution < 1.29 is 18.6 Å². The molecular formula is C28H42N5O5P. The highest BCUT2D eigenvalue weighted by Crippen LogP contribution is 2.47. The number of aromatic nitrogens is 2. The van der Waals surface area contributed by atoms with Gasteiger partial charge in [-0.05, 0) is 59.1 Å². The summed E-state index contributed by atoms with van der Waals surface area (Å²) >= 11 is 0. The molecule has 1 aromatic carbocycles. The molecule has 0 radical (unpaired) electrons. The Balaban J connectivity index is 0.00000533. The molecule has 0 spiro atoms. The molecule has 1 unspecified atom stereocenters. The first-order valence-corrected chi connectivity index (χ1v) is 14.0. The molecule has 1 aliphatic heterocycles. The topological polar surface area (TPSA) is 99.3 Å². The first kappa shape index (κ1) is 32.5.